The van der Waals surface area contributed by atoms with Crippen molar-refractivity contribution in [2.75, 3.05) is 19.5 Å². The van der Waals surface area contributed by atoms with E-state index in [4.69, 9.17) is 0 Å². The van der Waals surface area contributed by atoms with Gasteiger partial charge in [0.25, 0.3) is 0 Å². The van der Waals surface area contributed by atoms with E-state index in [1.165, 1.54) is 20.4 Å². The zero-order valence-electron chi connectivity index (χ0n) is 10.5. The predicted octanol–water partition coefficient (Wildman–Crippen LogP) is 1.64. The minimum absolute atomic E-state index is 0.194. The molecule has 5 nitrogen and oxygen atoms in total. The minimum atomic E-state index is -0.749. The third kappa shape index (κ3) is 3.62. The van der Waals surface area contributed by atoms with E-state index in [1.54, 1.807) is 0 Å². The van der Waals surface area contributed by atoms with E-state index >= 15 is 0 Å². The van der Waals surface area contributed by atoms with Crippen molar-refractivity contribution in [1.82, 2.24) is 0 Å². The molecule has 0 heterocycles. The van der Waals surface area contributed by atoms with Crippen LogP contribution in [0.5, 0.6) is 0 Å². The molecule has 1 rings (SSSR count). The third-order valence-corrected chi connectivity index (χ3v) is 2.25. The second kappa shape index (κ2) is 6.44. The van der Waals surface area contributed by atoms with Crippen molar-refractivity contribution in [2.45, 2.75) is 6.92 Å². The monoisotopic (exact) mass is 249 g/mol. The van der Waals surface area contributed by atoms with E-state index < -0.39 is 11.9 Å². The van der Waals surface area contributed by atoms with Crippen LogP contribution in [0.25, 0.3) is 0 Å². The Balaban J connectivity index is 2.86. The molecule has 0 bridgehead atoms. The first-order valence-corrected chi connectivity index (χ1v) is 5.28. The number of hydrogen-bond acceptors (Lipinski definition) is 5. The Morgan fingerprint density at radius 3 is 2.00 bits per heavy atom. The van der Waals surface area contributed by atoms with Gasteiger partial charge in [-0.1, -0.05) is 17.7 Å². The van der Waals surface area contributed by atoms with Crippen LogP contribution in [0.4, 0.5) is 5.69 Å². The van der Waals surface area contributed by atoms with Crippen molar-refractivity contribution in [2.24, 2.45) is 0 Å². The van der Waals surface area contributed by atoms with Crippen LogP contribution in [0.2, 0.25) is 0 Å². The molecule has 0 atom stereocenters. The summed E-state index contributed by atoms with van der Waals surface area (Å²) in [5.41, 5.74) is 1.68. The van der Waals surface area contributed by atoms with Gasteiger partial charge in [-0.05, 0) is 19.1 Å². The van der Waals surface area contributed by atoms with E-state index in [-0.39, 0.29) is 5.57 Å². The van der Waals surface area contributed by atoms with Crippen LogP contribution in [0, 0.1) is 6.92 Å². The molecule has 0 fully saturated rings. The van der Waals surface area contributed by atoms with E-state index in [0.29, 0.717) is 0 Å². The number of esters is 2. The first-order valence-electron chi connectivity index (χ1n) is 5.28. The largest absolute Gasteiger partial charge is 0.465 e. The molecular weight excluding hydrogens is 234 g/mol. The summed E-state index contributed by atoms with van der Waals surface area (Å²) < 4.78 is 8.99. The maximum absolute atomic E-state index is 11.4. The molecule has 5 heteroatoms. The molecule has 0 spiro atoms. The number of rotatable bonds is 4. The fourth-order valence-electron chi connectivity index (χ4n) is 1.23. The summed E-state index contributed by atoms with van der Waals surface area (Å²) in [6, 6.07) is 7.48. The van der Waals surface area contributed by atoms with Gasteiger partial charge in [0.05, 0.1) is 14.2 Å². The van der Waals surface area contributed by atoms with Crippen molar-refractivity contribution in [3.63, 3.8) is 0 Å². The molecule has 0 saturated carbocycles. The molecule has 0 aromatic heterocycles. The molecule has 1 N–H and O–H groups in total. The zero-order chi connectivity index (χ0) is 13.5. The van der Waals surface area contributed by atoms with Gasteiger partial charge in [-0.2, -0.15) is 0 Å². The van der Waals surface area contributed by atoms with E-state index in [1.807, 2.05) is 31.2 Å². The number of aryl methyl sites for hydroxylation is 1. The topological polar surface area (TPSA) is 64.6 Å². The van der Waals surface area contributed by atoms with Crippen LogP contribution in [0.3, 0.4) is 0 Å². The van der Waals surface area contributed by atoms with Crippen LogP contribution in [0.15, 0.2) is 36.0 Å². The van der Waals surface area contributed by atoms with Gasteiger partial charge in [0, 0.05) is 11.9 Å². The third-order valence-electron chi connectivity index (χ3n) is 2.25. The normalized spacial score (nSPS) is 9.28. The average molecular weight is 249 g/mol. The summed E-state index contributed by atoms with van der Waals surface area (Å²) >= 11 is 0. The summed E-state index contributed by atoms with van der Waals surface area (Å²) in [6.07, 6.45) is 1.27. The molecule has 96 valence electrons. The number of benzene rings is 1. The van der Waals surface area contributed by atoms with E-state index in [0.717, 1.165) is 11.3 Å². The Bertz CT molecular complexity index is 444. The maximum Gasteiger partial charge on any atom is 0.346 e. The van der Waals surface area contributed by atoms with Crippen molar-refractivity contribution >= 4 is 17.6 Å². The molecule has 0 aliphatic rings. The fourth-order valence-corrected chi connectivity index (χ4v) is 1.23. The molecular formula is C13H15NO4. The Hall–Kier alpha value is -2.30. The summed E-state index contributed by atoms with van der Waals surface area (Å²) in [5, 5.41) is 2.84. The first-order chi connectivity index (χ1) is 8.58. The lowest BCUT2D eigenvalue weighted by atomic mass is 10.2. The Labute approximate surface area is 105 Å². The number of nitrogens with one attached hydrogen (secondary N) is 1. The maximum atomic E-state index is 11.4. The molecule has 0 aliphatic carbocycles. The highest BCUT2D eigenvalue weighted by atomic mass is 16.5. The van der Waals surface area contributed by atoms with Crippen LogP contribution < -0.4 is 5.32 Å². The zero-order valence-corrected chi connectivity index (χ0v) is 10.5. The molecule has 0 amide bonds. The highest BCUT2D eigenvalue weighted by Crippen LogP contribution is 2.10. The lowest BCUT2D eigenvalue weighted by molar-refractivity contribution is -0.144. The van der Waals surface area contributed by atoms with E-state index in [2.05, 4.69) is 14.8 Å². The summed E-state index contributed by atoms with van der Waals surface area (Å²) in [6.45, 7) is 1.97. The number of carbonyl (C=O) groups is 2. The van der Waals surface area contributed by atoms with Gasteiger partial charge >= 0.3 is 11.9 Å². The first kappa shape index (κ1) is 13.8. The second-order valence-corrected chi connectivity index (χ2v) is 3.55. The van der Waals surface area contributed by atoms with Crippen molar-refractivity contribution in [3.8, 4) is 0 Å². The van der Waals surface area contributed by atoms with E-state index in [9.17, 15) is 9.59 Å². The van der Waals surface area contributed by atoms with Crippen LogP contribution >= 0.6 is 0 Å². The van der Waals surface area contributed by atoms with Crippen LogP contribution in [-0.4, -0.2) is 26.2 Å². The fraction of sp³-hybridized carbons (Fsp3) is 0.231. The second-order valence-electron chi connectivity index (χ2n) is 3.55. The number of anilines is 1. The van der Waals surface area contributed by atoms with Gasteiger partial charge in [0.2, 0.25) is 0 Å². The SMILES string of the molecule is COC(=O)C(=CNc1ccc(C)cc1)C(=O)OC. The lowest BCUT2D eigenvalue weighted by Gasteiger charge is -2.05. The quantitative estimate of drug-likeness (QED) is 0.380. The highest BCUT2D eigenvalue weighted by molar-refractivity contribution is 6.14. The Morgan fingerprint density at radius 1 is 1.06 bits per heavy atom. The molecule has 18 heavy (non-hydrogen) atoms. The molecule has 0 saturated heterocycles. The smallest absolute Gasteiger partial charge is 0.346 e. The van der Waals surface area contributed by atoms with Crippen molar-refractivity contribution < 1.29 is 19.1 Å². The molecule has 1 aromatic rings. The standard InChI is InChI=1S/C13H15NO4/c1-9-4-6-10(7-5-9)14-8-11(12(15)17-2)13(16)18-3/h4-8,14H,1-3H3. The van der Waals surface area contributed by atoms with Gasteiger partial charge in [0.15, 0.2) is 5.57 Å². The van der Waals surface area contributed by atoms with Gasteiger partial charge in [-0.15, -0.1) is 0 Å². The minimum Gasteiger partial charge on any atom is -0.465 e. The Kier molecular flexibility index (Phi) is 4.92. The summed E-state index contributed by atoms with van der Waals surface area (Å²) in [7, 11) is 2.40. The molecule has 0 aliphatic heterocycles. The number of ether oxygens (including phenoxy) is 2. The predicted molar refractivity (Wildman–Crippen MR) is 66.9 cm³/mol. The number of hydrogen-bond donors (Lipinski definition) is 1. The average Bonchev–Trinajstić information content (AvgIpc) is 2.40. The molecule has 0 radical (unpaired) electrons. The van der Waals surface area contributed by atoms with Crippen molar-refractivity contribution in [3.05, 3.63) is 41.6 Å². The summed E-state index contributed by atoms with van der Waals surface area (Å²) in [4.78, 5) is 22.7. The Morgan fingerprint density at radius 2 is 1.56 bits per heavy atom. The van der Waals surface area contributed by atoms with Gasteiger partial charge in [-0.3, -0.25) is 0 Å². The molecule has 0 unspecified atom stereocenters. The van der Waals surface area contributed by atoms with Crippen LogP contribution in [0.1, 0.15) is 5.56 Å². The van der Waals surface area contributed by atoms with Crippen LogP contribution in [-0.2, 0) is 19.1 Å². The lowest BCUT2D eigenvalue weighted by Crippen LogP contribution is -2.17. The number of carbonyl (C=O) groups excluding carboxylic acids is 2. The highest BCUT2D eigenvalue weighted by Gasteiger charge is 2.19. The molecule has 1 aromatic carbocycles. The van der Waals surface area contributed by atoms with Gasteiger partial charge < -0.3 is 14.8 Å². The summed E-state index contributed by atoms with van der Waals surface area (Å²) in [5.74, 6) is -1.50. The van der Waals surface area contributed by atoms with Crippen molar-refractivity contribution in [1.29, 1.82) is 0 Å². The number of methoxy groups -OCH3 is 2. The van der Waals surface area contributed by atoms with Gasteiger partial charge in [0.1, 0.15) is 0 Å². The van der Waals surface area contributed by atoms with Gasteiger partial charge in [-0.25, -0.2) is 9.59 Å².